The van der Waals surface area contributed by atoms with Gasteiger partial charge in [0.05, 0.1) is 11.3 Å². The zero-order chi connectivity index (χ0) is 18.9. The molecule has 5 heteroatoms. The number of anilines is 1. The summed E-state index contributed by atoms with van der Waals surface area (Å²) >= 11 is 1.37. The van der Waals surface area contributed by atoms with Crippen molar-refractivity contribution >= 4 is 29.3 Å². The highest BCUT2D eigenvalue weighted by Gasteiger charge is 2.12. The molecule has 2 aromatic rings. The van der Waals surface area contributed by atoms with Gasteiger partial charge >= 0.3 is 0 Å². The van der Waals surface area contributed by atoms with Crippen LogP contribution >= 0.6 is 11.8 Å². The van der Waals surface area contributed by atoms with Crippen LogP contribution in [-0.4, -0.2) is 24.1 Å². The largest absolute Gasteiger partial charge is 0.352 e. The molecule has 0 unspecified atom stereocenters. The smallest absolute Gasteiger partial charge is 0.252 e. The van der Waals surface area contributed by atoms with Crippen LogP contribution < -0.4 is 10.6 Å². The summed E-state index contributed by atoms with van der Waals surface area (Å²) in [6, 6.07) is 15.1. The first kappa shape index (κ1) is 20.0. The number of aryl methyl sites for hydroxylation is 1. The molecule has 2 rings (SSSR count). The summed E-state index contributed by atoms with van der Waals surface area (Å²) in [4.78, 5) is 25.4. The first-order chi connectivity index (χ1) is 12.5. The van der Waals surface area contributed by atoms with Crippen molar-refractivity contribution in [2.45, 2.75) is 32.1 Å². The number of carbonyl (C=O) groups excluding carboxylic acids is 2. The Morgan fingerprint density at radius 3 is 2.42 bits per heavy atom. The van der Waals surface area contributed by atoms with Crippen molar-refractivity contribution in [2.75, 3.05) is 17.6 Å². The molecule has 0 aliphatic rings. The van der Waals surface area contributed by atoms with E-state index in [4.69, 9.17) is 0 Å². The minimum atomic E-state index is -0.0901. The Bertz CT molecular complexity index is 742. The van der Waals surface area contributed by atoms with Crippen LogP contribution in [0, 0.1) is 12.8 Å². The van der Waals surface area contributed by atoms with Crippen LogP contribution in [0.2, 0.25) is 0 Å². The molecule has 0 saturated carbocycles. The van der Waals surface area contributed by atoms with Crippen molar-refractivity contribution in [1.29, 1.82) is 0 Å². The molecule has 0 bridgehead atoms. The molecule has 138 valence electrons. The maximum atomic E-state index is 12.4. The number of hydrogen-bond acceptors (Lipinski definition) is 3. The van der Waals surface area contributed by atoms with Crippen LogP contribution in [0.4, 0.5) is 5.69 Å². The van der Waals surface area contributed by atoms with E-state index < -0.39 is 0 Å². The van der Waals surface area contributed by atoms with Crippen molar-refractivity contribution in [3.63, 3.8) is 0 Å². The molecule has 0 saturated heterocycles. The highest BCUT2D eigenvalue weighted by atomic mass is 32.2. The van der Waals surface area contributed by atoms with Crippen molar-refractivity contribution in [1.82, 2.24) is 5.32 Å². The van der Waals surface area contributed by atoms with E-state index in [0.29, 0.717) is 18.0 Å². The molecule has 0 heterocycles. The molecule has 0 atom stereocenters. The lowest BCUT2D eigenvalue weighted by Gasteiger charge is -2.11. The van der Waals surface area contributed by atoms with E-state index in [0.717, 1.165) is 22.6 Å². The van der Waals surface area contributed by atoms with Crippen LogP contribution in [0.15, 0.2) is 53.4 Å². The molecule has 0 aromatic heterocycles. The van der Waals surface area contributed by atoms with E-state index >= 15 is 0 Å². The third-order valence-corrected chi connectivity index (χ3v) is 4.91. The Morgan fingerprint density at radius 2 is 1.73 bits per heavy atom. The van der Waals surface area contributed by atoms with Gasteiger partial charge in [-0.05, 0) is 43.5 Å². The molecular formula is C21H26N2O2S. The van der Waals surface area contributed by atoms with Crippen LogP contribution in [0.5, 0.6) is 0 Å². The highest BCUT2D eigenvalue weighted by Crippen LogP contribution is 2.23. The molecule has 0 radical (unpaired) electrons. The van der Waals surface area contributed by atoms with E-state index in [-0.39, 0.29) is 17.6 Å². The third-order valence-electron chi connectivity index (χ3n) is 3.83. The predicted octanol–water partition coefficient (Wildman–Crippen LogP) is 4.50. The molecule has 26 heavy (non-hydrogen) atoms. The maximum absolute atomic E-state index is 12.4. The van der Waals surface area contributed by atoms with Crippen LogP contribution in [0.25, 0.3) is 0 Å². The number of amides is 2. The van der Waals surface area contributed by atoms with Crippen molar-refractivity contribution in [2.24, 2.45) is 5.92 Å². The van der Waals surface area contributed by atoms with Gasteiger partial charge in [0.25, 0.3) is 5.91 Å². The van der Waals surface area contributed by atoms with E-state index in [1.54, 1.807) is 6.07 Å². The Morgan fingerprint density at radius 1 is 1.04 bits per heavy atom. The fourth-order valence-electron chi connectivity index (χ4n) is 2.33. The lowest BCUT2D eigenvalue weighted by Crippen LogP contribution is -2.26. The fourth-order valence-corrected chi connectivity index (χ4v) is 3.18. The van der Waals surface area contributed by atoms with Gasteiger partial charge in [-0.1, -0.05) is 43.7 Å². The average Bonchev–Trinajstić information content (AvgIpc) is 2.62. The van der Waals surface area contributed by atoms with Crippen LogP contribution in [-0.2, 0) is 4.79 Å². The highest BCUT2D eigenvalue weighted by molar-refractivity contribution is 8.00. The number of benzene rings is 2. The van der Waals surface area contributed by atoms with E-state index in [1.807, 2.05) is 49.4 Å². The zero-order valence-electron chi connectivity index (χ0n) is 15.5. The SMILES string of the molecule is Cc1ccc(NC(=O)CSc2ccccc2C(=O)NCCC(C)C)cc1. The van der Waals surface area contributed by atoms with Crippen molar-refractivity contribution in [3.8, 4) is 0 Å². The topological polar surface area (TPSA) is 58.2 Å². The Balaban J connectivity index is 1.91. The average molecular weight is 371 g/mol. The molecule has 0 aliphatic carbocycles. The van der Waals surface area contributed by atoms with Gasteiger partial charge in [0.2, 0.25) is 5.91 Å². The van der Waals surface area contributed by atoms with Gasteiger partial charge in [-0.25, -0.2) is 0 Å². The van der Waals surface area contributed by atoms with Gasteiger partial charge in [0.1, 0.15) is 0 Å². The quantitative estimate of drug-likeness (QED) is 0.673. The molecule has 2 N–H and O–H groups in total. The Labute approximate surface area is 159 Å². The second-order valence-corrected chi connectivity index (χ2v) is 7.65. The predicted molar refractivity (Wildman–Crippen MR) is 109 cm³/mol. The summed E-state index contributed by atoms with van der Waals surface area (Å²) < 4.78 is 0. The summed E-state index contributed by atoms with van der Waals surface area (Å²) in [6.07, 6.45) is 0.944. The second-order valence-electron chi connectivity index (χ2n) is 6.64. The van der Waals surface area contributed by atoms with E-state index in [9.17, 15) is 9.59 Å². The third kappa shape index (κ3) is 6.56. The van der Waals surface area contributed by atoms with E-state index in [2.05, 4.69) is 24.5 Å². The molecule has 2 amide bonds. The summed E-state index contributed by atoms with van der Waals surface area (Å²) in [5, 5.41) is 5.83. The number of carbonyl (C=O) groups is 2. The van der Waals surface area contributed by atoms with E-state index in [1.165, 1.54) is 11.8 Å². The molecule has 0 fully saturated rings. The monoisotopic (exact) mass is 370 g/mol. The Kier molecular flexibility index (Phi) is 7.73. The normalized spacial score (nSPS) is 10.6. The van der Waals surface area contributed by atoms with Gasteiger partial charge in [-0.2, -0.15) is 0 Å². The Hall–Kier alpha value is -2.27. The number of thioether (sulfide) groups is 1. The van der Waals surface area contributed by atoms with Gasteiger partial charge < -0.3 is 10.6 Å². The molecular weight excluding hydrogens is 344 g/mol. The first-order valence-electron chi connectivity index (χ1n) is 8.82. The fraction of sp³-hybridized carbons (Fsp3) is 0.333. The van der Waals surface area contributed by atoms with Gasteiger partial charge in [-0.3, -0.25) is 9.59 Å². The number of nitrogens with one attached hydrogen (secondary N) is 2. The lowest BCUT2D eigenvalue weighted by molar-refractivity contribution is -0.113. The molecule has 2 aromatic carbocycles. The lowest BCUT2D eigenvalue weighted by atomic mass is 10.1. The van der Waals surface area contributed by atoms with Crippen molar-refractivity contribution in [3.05, 3.63) is 59.7 Å². The van der Waals surface area contributed by atoms with Crippen LogP contribution in [0.1, 0.15) is 36.2 Å². The first-order valence-corrected chi connectivity index (χ1v) is 9.81. The zero-order valence-corrected chi connectivity index (χ0v) is 16.4. The summed E-state index contributed by atoms with van der Waals surface area (Å²) in [5.74, 6) is 0.622. The minimum absolute atomic E-state index is 0.0890. The minimum Gasteiger partial charge on any atom is -0.352 e. The number of hydrogen-bond donors (Lipinski definition) is 2. The van der Waals surface area contributed by atoms with Crippen molar-refractivity contribution < 1.29 is 9.59 Å². The summed E-state index contributed by atoms with van der Waals surface area (Å²) in [5.41, 5.74) is 2.54. The van der Waals surface area contributed by atoms with Gasteiger partial charge in [0.15, 0.2) is 0 Å². The molecule has 4 nitrogen and oxygen atoms in total. The van der Waals surface area contributed by atoms with Gasteiger partial charge in [-0.15, -0.1) is 11.8 Å². The number of rotatable bonds is 8. The summed E-state index contributed by atoms with van der Waals surface area (Å²) in [6.45, 7) is 6.92. The second kappa shape index (κ2) is 10.0. The van der Waals surface area contributed by atoms with Crippen LogP contribution in [0.3, 0.4) is 0 Å². The standard InChI is InChI=1S/C21H26N2O2S/c1-15(2)12-13-22-21(25)18-6-4-5-7-19(18)26-14-20(24)23-17-10-8-16(3)9-11-17/h4-11,15H,12-14H2,1-3H3,(H,22,25)(H,23,24). The molecule has 0 aliphatic heterocycles. The summed E-state index contributed by atoms with van der Waals surface area (Å²) in [7, 11) is 0. The maximum Gasteiger partial charge on any atom is 0.252 e. The van der Waals surface area contributed by atoms with Gasteiger partial charge in [0, 0.05) is 17.1 Å². The molecule has 0 spiro atoms.